The number of likely N-dealkylation sites (N-methyl/N-ethyl adjacent to an activating group) is 1. The van der Waals surface area contributed by atoms with Gasteiger partial charge >= 0.3 is 0 Å². The summed E-state index contributed by atoms with van der Waals surface area (Å²) in [6, 6.07) is 4.18. The van der Waals surface area contributed by atoms with E-state index in [1.54, 1.807) is 0 Å². The Bertz CT molecular complexity index is 313. The minimum Gasteiger partial charge on any atom is -0.315 e. The molecule has 0 aliphatic rings. The zero-order valence-electron chi connectivity index (χ0n) is 12.6. The molecule has 4 nitrogen and oxygen atoms in total. The SMILES string of the molecule is CCN(CCNCCCN(C)C)Cc1ccncc1. The highest BCUT2D eigenvalue weighted by molar-refractivity contribution is 5.09. The largest absolute Gasteiger partial charge is 0.315 e. The lowest BCUT2D eigenvalue weighted by atomic mass is 10.2. The van der Waals surface area contributed by atoms with E-state index in [1.165, 1.54) is 12.0 Å². The Kier molecular flexibility index (Phi) is 8.38. The van der Waals surface area contributed by atoms with E-state index in [0.717, 1.165) is 39.3 Å². The first-order valence-corrected chi connectivity index (χ1v) is 7.19. The van der Waals surface area contributed by atoms with Crippen LogP contribution in [0.25, 0.3) is 0 Å². The van der Waals surface area contributed by atoms with Gasteiger partial charge in [-0.05, 0) is 57.8 Å². The van der Waals surface area contributed by atoms with Crippen LogP contribution in [0.5, 0.6) is 0 Å². The second-order valence-electron chi connectivity index (χ2n) is 5.13. The van der Waals surface area contributed by atoms with Crippen LogP contribution in [0.1, 0.15) is 18.9 Å². The number of nitrogens with zero attached hydrogens (tertiary/aromatic N) is 3. The third kappa shape index (κ3) is 7.93. The molecule has 1 rings (SSSR count). The van der Waals surface area contributed by atoms with Crippen LogP contribution in [-0.4, -0.2) is 61.6 Å². The summed E-state index contributed by atoms with van der Waals surface area (Å²) in [5, 5.41) is 3.51. The highest BCUT2D eigenvalue weighted by atomic mass is 15.1. The van der Waals surface area contributed by atoms with Crippen molar-refractivity contribution < 1.29 is 0 Å². The predicted octanol–water partition coefficient (Wildman–Crippen LogP) is 1.44. The lowest BCUT2D eigenvalue weighted by Gasteiger charge is -2.20. The van der Waals surface area contributed by atoms with Crippen molar-refractivity contribution in [2.75, 3.05) is 46.8 Å². The van der Waals surface area contributed by atoms with Crippen LogP contribution in [0, 0.1) is 0 Å². The van der Waals surface area contributed by atoms with Crippen molar-refractivity contribution in [3.63, 3.8) is 0 Å². The number of pyridine rings is 1. The van der Waals surface area contributed by atoms with E-state index in [-0.39, 0.29) is 0 Å². The molecule has 0 bridgehead atoms. The van der Waals surface area contributed by atoms with Crippen LogP contribution in [-0.2, 0) is 6.54 Å². The first-order chi connectivity index (χ1) is 9.22. The molecular weight excluding hydrogens is 236 g/mol. The fourth-order valence-corrected chi connectivity index (χ4v) is 1.98. The third-order valence-corrected chi connectivity index (χ3v) is 3.17. The van der Waals surface area contributed by atoms with Gasteiger partial charge in [0, 0.05) is 32.0 Å². The van der Waals surface area contributed by atoms with Crippen molar-refractivity contribution in [3.8, 4) is 0 Å². The van der Waals surface area contributed by atoms with E-state index >= 15 is 0 Å². The Morgan fingerprint density at radius 1 is 1.11 bits per heavy atom. The Morgan fingerprint density at radius 2 is 1.84 bits per heavy atom. The lowest BCUT2D eigenvalue weighted by molar-refractivity contribution is 0.278. The molecule has 0 spiro atoms. The molecule has 0 unspecified atom stereocenters. The predicted molar refractivity (Wildman–Crippen MR) is 81.2 cm³/mol. The smallest absolute Gasteiger partial charge is 0.0271 e. The molecule has 0 saturated carbocycles. The van der Waals surface area contributed by atoms with E-state index < -0.39 is 0 Å². The average Bonchev–Trinajstić information content (AvgIpc) is 2.42. The van der Waals surface area contributed by atoms with Crippen LogP contribution in [0.4, 0.5) is 0 Å². The summed E-state index contributed by atoms with van der Waals surface area (Å²) >= 11 is 0. The van der Waals surface area contributed by atoms with Gasteiger partial charge in [-0.15, -0.1) is 0 Å². The maximum absolute atomic E-state index is 4.05. The minimum atomic E-state index is 1.01. The van der Waals surface area contributed by atoms with Gasteiger partial charge < -0.3 is 10.2 Å². The van der Waals surface area contributed by atoms with Gasteiger partial charge in [-0.1, -0.05) is 6.92 Å². The fraction of sp³-hybridized carbons (Fsp3) is 0.667. The molecule has 0 amide bonds. The monoisotopic (exact) mass is 264 g/mol. The number of nitrogens with one attached hydrogen (secondary N) is 1. The summed E-state index contributed by atoms with van der Waals surface area (Å²) in [6.07, 6.45) is 4.94. The molecule has 1 aromatic heterocycles. The zero-order valence-corrected chi connectivity index (χ0v) is 12.6. The van der Waals surface area contributed by atoms with Crippen molar-refractivity contribution in [2.24, 2.45) is 0 Å². The van der Waals surface area contributed by atoms with Crippen molar-refractivity contribution in [3.05, 3.63) is 30.1 Å². The van der Waals surface area contributed by atoms with Gasteiger partial charge in [0.1, 0.15) is 0 Å². The second kappa shape index (κ2) is 9.89. The summed E-state index contributed by atoms with van der Waals surface area (Å²) in [5.41, 5.74) is 1.34. The standard InChI is InChI=1S/C15H28N4/c1-4-19(14-15-6-9-17-10-7-15)13-11-16-8-5-12-18(2)3/h6-7,9-10,16H,4-5,8,11-14H2,1-3H3. The highest BCUT2D eigenvalue weighted by Gasteiger charge is 2.02. The first kappa shape index (κ1) is 16.1. The first-order valence-electron chi connectivity index (χ1n) is 7.19. The van der Waals surface area contributed by atoms with Crippen molar-refractivity contribution in [1.82, 2.24) is 20.1 Å². The van der Waals surface area contributed by atoms with Gasteiger partial charge in [-0.2, -0.15) is 0 Å². The van der Waals surface area contributed by atoms with Crippen LogP contribution >= 0.6 is 0 Å². The molecule has 19 heavy (non-hydrogen) atoms. The molecular formula is C15H28N4. The van der Waals surface area contributed by atoms with Crippen LogP contribution in [0.2, 0.25) is 0 Å². The quantitative estimate of drug-likeness (QED) is 0.648. The molecule has 0 atom stereocenters. The van der Waals surface area contributed by atoms with E-state index in [0.29, 0.717) is 0 Å². The number of hydrogen-bond donors (Lipinski definition) is 1. The summed E-state index contributed by atoms with van der Waals surface area (Å²) in [5.74, 6) is 0. The van der Waals surface area contributed by atoms with Crippen molar-refractivity contribution in [1.29, 1.82) is 0 Å². The van der Waals surface area contributed by atoms with Gasteiger partial charge in [0.05, 0.1) is 0 Å². The minimum absolute atomic E-state index is 1.01. The van der Waals surface area contributed by atoms with E-state index in [9.17, 15) is 0 Å². The lowest BCUT2D eigenvalue weighted by Crippen LogP contribution is -2.32. The molecule has 1 aromatic rings. The van der Waals surface area contributed by atoms with Gasteiger partial charge in [-0.25, -0.2) is 0 Å². The number of rotatable bonds is 10. The Morgan fingerprint density at radius 3 is 2.47 bits per heavy atom. The van der Waals surface area contributed by atoms with Gasteiger partial charge in [0.25, 0.3) is 0 Å². The molecule has 0 fully saturated rings. The maximum Gasteiger partial charge on any atom is 0.0271 e. The van der Waals surface area contributed by atoms with Crippen molar-refractivity contribution >= 4 is 0 Å². The molecule has 0 aliphatic heterocycles. The molecule has 0 saturated heterocycles. The molecule has 0 aromatic carbocycles. The van der Waals surface area contributed by atoms with Crippen LogP contribution in [0.3, 0.4) is 0 Å². The average molecular weight is 264 g/mol. The van der Waals surface area contributed by atoms with Crippen molar-refractivity contribution in [2.45, 2.75) is 19.9 Å². The Labute approximate surface area is 117 Å². The second-order valence-corrected chi connectivity index (χ2v) is 5.13. The van der Waals surface area contributed by atoms with E-state index in [1.807, 2.05) is 12.4 Å². The summed E-state index contributed by atoms with van der Waals surface area (Å²) < 4.78 is 0. The van der Waals surface area contributed by atoms with Crippen LogP contribution < -0.4 is 5.32 Å². The zero-order chi connectivity index (χ0) is 13.9. The van der Waals surface area contributed by atoms with Crippen LogP contribution in [0.15, 0.2) is 24.5 Å². The summed E-state index contributed by atoms with van der Waals surface area (Å²) in [7, 11) is 4.24. The van der Waals surface area contributed by atoms with E-state index in [4.69, 9.17) is 0 Å². The molecule has 4 heteroatoms. The van der Waals surface area contributed by atoms with Gasteiger partial charge in [-0.3, -0.25) is 9.88 Å². The topological polar surface area (TPSA) is 31.4 Å². The third-order valence-electron chi connectivity index (χ3n) is 3.17. The summed E-state index contributed by atoms with van der Waals surface area (Å²) in [6.45, 7) is 8.73. The normalized spacial score (nSPS) is 11.4. The highest BCUT2D eigenvalue weighted by Crippen LogP contribution is 2.01. The fourth-order valence-electron chi connectivity index (χ4n) is 1.98. The number of hydrogen-bond acceptors (Lipinski definition) is 4. The molecule has 0 aliphatic carbocycles. The maximum atomic E-state index is 4.05. The Hall–Kier alpha value is -0.970. The van der Waals surface area contributed by atoms with E-state index in [2.05, 4.69) is 53.3 Å². The molecule has 108 valence electrons. The van der Waals surface area contributed by atoms with Gasteiger partial charge in [0.2, 0.25) is 0 Å². The molecule has 0 radical (unpaired) electrons. The Balaban J connectivity index is 2.12. The summed E-state index contributed by atoms with van der Waals surface area (Å²) in [4.78, 5) is 8.73. The molecule has 1 N–H and O–H groups in total. The number of aromatic nitrogens is 1. The van der Waals surface area contributed by atoms with Gasteiger partial charge in [0.15, 0.2) is 0 Å². The molecule has 1 heterocycles.